The van der Waals surface area contributed by atoms with Crippen LogP contribution in [-0.4, -0.2) is 23.8 Å². The average molecular weight is 153 g/mol. The maximum Gasteiger partial charge on any atom is 0.0693 e. The van der Waals surface area contributed by atoms with Gasteiger partial charge in [0, 0.05) is 19.0 Å². The normalized spacial score (nSPS) is 30.2. The van der Waals surface area contributed by atoms with Crippen molar-refractivity contribution in [3.8, 4) is 12.3 Å². The van der Waals surface area contributed by atoms with E-state index in [1.807, 2.05) is 0 Å². The highest BCUT2D eigenvalue weighted by Gasteiger charge is 2.23. The van der Waals surface area contributed by atoms with Crippen molar-refractivity contribution in [2.75, 3.05) is 6.54 Å². The molecule has 0 bridgehead atoms. The first-order valence-electron chi connectivity index (χ1n) is 4.19. The van der Waals surface area contributed by atoms with E-state index >= 15 is 0 Å². The van der Waals surface area contributed by atoms with Crippen molar-refractivity contribution in [2.45, 2.75) is 37.8 Å². The fourth-order valence-corrected chi connectivity index (χ4v) is 1.51. The monoisotopic (exact) mass is 153 g/mol. The summed E-state index contributed by atoms with van der Waals surface area (Å²) in [6.07, 6.45) is 8.86. The number of nitrogens with one attached hydrogen (secondary N) is 1. The molecular formula is C9H15NO. The molecule has 1 rings (SSSR count). The standard InChI is InChI=1S/C9H15NO/c1-2-3-7-10-8-5-4-6-9(8)11/h1,8-11H,3-7H2/t8-,9-/m1/s1. The Balaban J connectivity index is 2.11. The van der Waals surface area contributed by atoms with Crippen LogP contribution in [0.5, 0.6) is 0 Å². The summed E-state index contributed by atoms with van der Waals surface area (Å²) >= 11 is 0. The number of hydrogen-bond acceptors (Lipinski definition) is 2. The van der Waals surface area contributed by atoms with Gasteiger partial charge in [-0.1, -0.05) is 0 Å². The van der Waals surface area contributed by atoms with Crippen LogP contribution in [0.3, 0.4) is 0 Å². The van der Waals surface area contributed by atoms with Gasteiger partial charge in [-0.2, -0.15) is 0 Å². The highest BCUT2D eigenvalue weighted by atomic mass is 16.3. The Labute approximate surface area is 68.0 Å². The number of hydrogen-bond donors (Lipinski definition) is 2. The molecule has 62 valence electrons. The van der Waals surface area contributed by atoms with Crippen molar-refractivity contribution >= 4 is 0 Å². The van der Waals surface area contributed by atoms with Gasteiger partial charge in [0.05, 0.1) is 6.10 Å². The first-order chi connectivity index (χ1) is 5.34. The molecule has 11 heavy (non-hydrogen) atoms. The van der Waals surface area contributed by atoms with Crippen LogP contribution < -0.4 is 5.32 Å². The SMILES string of the molecule is C#CCCN[C@@H]1CCC[C@H]1O. The Morgan fingerprint density at radius 1 is 1.55 bits per heavy atom. The maximum atomic E-state index is 9.37. The molecule has 0 amide bonds. The van der Waals surface area contributed by atoms with Gasteiger partial charge in [0.1, 0.15) is 0 Å². The summed E-state index contributed by atoms with van der Waals surface area (Å²) in [5.74, 6) is 2.56. The first-order valence-corrected chi connectivity index (χ1v) is 4.19. The molecule has 2 atom stereocenters. The van der Waals surface area contributed by atoms with Gasteiger partial charge < -0.3 is 10.4 Å². The Morgan fingerprint density at radius 2 is 2.36 bits per heavy atom. The molecule has 0 saturated heterocycles. The van der Waals surface area contributed by atoms with E-state index in [1.54, 1.807) is 0 Å². The fourth-order valence-electron chi connectivity index (χ4n) is 1.51. The zero-order valence-electron chi connectivity index (χ0n) is 6.71. The van der Waals surface area contributed by atoms with Gasteiger partial charge in [0.15, 0.2) is 0 Å². The van der Waals surface area contributed by atoms with Crippen LogP contribution >= 0.6 is 0 Å². The van der Waals surface area contributed by atoms with Crippen molar-refractivity contribution in [3.63, 3.8) is 0 Å². The van der Waals surface area contributed by atoms with Gasteiger partial charge in [-0.25, -0.2) is 0 Å². The molecule has 0 radical (unpaired) electrons. The molecule has 1 aliphatic rings. The molecule has 0 aromatic rings. The topological polar surface area (TPSA) is 32.3 Å². The fraction of sp³-hybridized carbons (Fsp3) is 0.778. The zero-order chi connectivity index (χ0) is 8.10. The summed E-state index contributed by atoms with van der Waals surface area (Å²) in [7, 11) is 0. The second-order valence-electron chi connectivity index (χ2n) is 3.01. The summed E-state index contributed by atoms with van der Waals surface area (Å²) < 4.78 is 0. The van der Waals surface area contributed by atoms with Crippen molar-refractivity contribution in [3.05, 3.63) is 0 Å². The lowest BCUT2D eigenvalue weighted by Crippen LogP contribution is -2.35. The van der Waals surface area contributed by atoms with E-state index < -0.39 is 0 Å². The highest BCUT2D eigenvalue weighted by molar-refractivity contribution is 4.87. The number of terminal acetylenes is 1. The lowest BCUT2D eigenvalue weighted by molar-refractivity contribution is 0.150. The first kappa shape index (κ1) is 8.58. The average Bonchev–Trinajstić information content (AvgIpc) is 2.37. The van der Waals surface area contributed by atoms with E-state index in [9.17, 15) is 5.11 Å². The van der Waals surface area contributed by atoms with Crippen molar-refractivity contribution in [2.24, 2.45) is 0 Å². The molecule has 0 spiro atoms. The molecule has 2 N–H and O–H groups in total. The maximum absolute atomic E-state index is 9.37. The van der Waals surface area contributed by atoms with Crippen LogP contribution in [0.4, 0.5) is 0 Å². The Kier molecular flexibility index (Phi) is 3.41. The van der Waals surface area contributed by atoms with Gasteiger partial charge in [0.25, 0.3) is 0 Å². The lowest BCUT2D eigenvalue weighted by atomic mass is 10.2. The van der Waals surface area contributed by atoms with E-state index in [4.69, 9.17) is 6.42 Å². The van der Waals surface area contributed by atoms with Gasteiger partial charge in [-0.15, -0.1) is 12.3 Å². The summed E-state index contributed by atoms with van der Waals surface area (Å²) in [5, 5.41) is 12.6. The van der Waals surface area contributed by atoms with E-state index in [0.717, 1.165) is 32.2 Å². The zero-order valence-corrected chi connectivity index (χ0v) is 6.71. The number of aliphatic hydroxyl groups is 1. The molecule has 0 heterocycles. The quantitative estimate of drug-likeness (QED) is 0.457. The molecule has 2 nitrogen and oxygen atoms in total. The van der Waals surface area contributed by atoms with Crippen LogP contribution in [0.15, 0.2) is 0 Å². The van der Waals surface area contributed by atoms with Crippen LogP contribution in [0.1, 0.15) is 25.7 Å². The molecular weight excluding hydrogens is 138 g/mol. The number of rotatable bonds is 3. The molecule has 1 fully saturated rings. The summed E-state index contributed by atoms with van der Waals surface area (Å²) in [4.78, 5) is 0. The van der Waals surface area contributed by atoms with E-state index in [0.29, 0.717) is 6.04 Å². The molecule has 1 aliphatic carbocycles. The molecule has 0 aliphatic heterocycles. The smallest absolute Gasteiger partial charge is 0.0693 e. The Bertz CT molecular complexity index is 150. The molecule has 0 aromatic heterocycles. The van der Waals surface area contributed by atoms with Crippen molar-refractivity contribution in [1.29, 1.82) is 0 Å². The largest absolute Gasteiger partial charge is 0.392 e. The summed E-state index contributed by atoms with van der Waals surface area (Å²) in [5.41, 5.74) is 0. The van der Waals surface area contributed by atoms with Crippen LogP contribution in [0.25, 0.3) is 0 Å². The predicted molar refractivity (Wildman–Crippen MR) is 45.1 cm³/mol. The molecule has 0 unspecified atom stereocenters. The van der Waals surface area contributed by atoms with E-state index in [1.165, 1.54) is 0 Å². The molecule has 2 heteroatoms. The minimum Gasteiger partial charge on any atom is -0.392 e. The second kappa shape index (κ2) is 4.38. The third-order valence-corrected chi connectivity index (χ3v) is 2.16. The summed E-state index contributed by atoms with van der Waals surface area (Å²) in [6.45, 7) is 0.832. The van der Waals surface area contributed by atoms with Crippen LogP contribution in [-0.2, 0) is 0 Å². The third-order valence-electron chi connectivity index (χ3n) is 2.16. The van der Waals surface area contributed by atoms with Crippen molar-refractivity contribution in [1.82, 2.24) is 5.32 Å². The van der Waals surface area contributed by atoms with E-state index in [2.05, 4.69) is 11.2 Å². The van der Waals surface area contributed by atoms with E-state index in [-0.39, 0.29) is 6.10 Å². The van der Waals surface area contributed by atoms with Crippen LogP contribution in [0, 0.1) is 12.3 Å². The van der Waals surface area contributed by atoms with Crippen molar-refractivity contribution < 1.29 is 5.11 Å². The summed E-state index contributed by atoms with van der Waals surface area (Å²) in [6, 6.07) is 0.295. The molecule has 0 aromatic carbocycles. The van der Waals surface area contributed by atoms with Gasteiger partial charge in [-0.05, 0) is 19.3 Å². The minimum atomic E-state index is -0.146. The Morgan fingerprint density at radius 3 is 2.91 bits per heavy atom. The Hall–Kier alpha value is -0.520. The minimum absolute atomic E-state index is 0.146. The van der Waals surface area contributed by atoms with Crippen LogP contribution in [0.2, 0.25) is 0 Å². The van der Waals surface area contributed by atoms with Gasteiger partial charge in [-0.3, -0.25) is 0 Å². The predicted octanol–water partition coefficient (Wildman–Crippen LogP) is 0.513. The van der Waals surface area contributed by atoms with Gasteiger partial charge in [0.2, 0.25) is 0 Å². The van der Waals surface area contributed by atoms with Gasteiger partial charge >= 0.3 is 0 Å². The lowest BCUT2D eigenvalue weighted by Gasteiger charge is -2.14. The molecule has 1 saturated carbocycles. The second-order valence-corrected chi connectivity index (χ2v) is 3.01. The highest BCUT2D eigenvalue weighted by Crippen LogP contribution is 2.18. The number of aliphatic hydroxyl groups excluding tert-OH is 1. The third kappa shape index (κ3) is 2.53.